The Morgan fingerprint density at radius 3 is 2.26 bits per heavy atom. The first kappa shape index (κ1) is 12.2. The highest BCUT2D eigenvalue weighted by Gasteiger charge is 2.21. The monoisotopic (exact) mass is 248 g/mol. The van der Waals surface area contributed by atoms with Gasteiger partial charge in [-0.2, -0.15) is 0 Å². The van der Waals surface area contributed by atoms with Gasteiger partial charge in [0.15, 0.2) is 0 Å². The average molecular weight is 248 g/mol. The summed E-state index contributed by atoms with van der Waals surface area (Å²) in [5, 5.41) is 0. The highest BCUT2D eigenvalue weighted by Crippen LogP contribution is 2.38. The van der Waals surface area contributed by atoms with Crippen LogP contribution in [0.2, 0.25) is 0 Å². The quantitative estimate of drug-likeness (QED) is 0.647. The normalized spacial score (nSPS) is 17.8. The van der Waals surface area contributed by atoms with Gasteiger partial charge in [0.1, 0.15) is 0 Å². The second-order valence-electron chi connectivity index (χ2n) is 5.79. The Morgan fingerprint density at radius 2 is 1.53 bits per heavy atom. The number of hydrogen-bond donors (Lipinski definition) is 0. The van der Waals surface area contributed by atoms with E-state index in [2.05, 4.69) is 69.3 Å². The van der Waals surface area contributed by atoms with E-state index in [1.165, 1.54) is 33.4 Å². The summed E-state index contributed by atoms with van der Waals surface area (Å²) in [6.45, 7) is 6.57. The average Bonchev–Trinajstić information content (AvgIpc) is 2.39. The molecule has 19 heavy (non-hydrogen) atoms. The van der Waals surface area contributed by atoms with Crippen LogP contribution in [0.4, 0.5) is 0 Å². The van der Waals surface area contributed by atoms with E-state index in [4.69, 9.17) is 0 Å². The van der Waals surface area contributed by atoms with Crippen LogP contribution in [0.25, 0.3) is 6.08 Å². The molecule has 0 heteroatoms. The number of hydrogen-bond acceptors (Lipinski definition) is 0. The minimum absolute atomic E-state index is 0.514. The second kappa shape index (κ2) is 4.70. The third-order valence-corrected chi connectivity index (χ3v) is 4.03. The summed E-state index contributed by atoms with van der Waals surface area (Å²) in [5.74, 6) is 0.514. The minimum Gasteiger partial charge on any atom is -0.0718 e. The molecule has 1 aliphatic rings. The van der Waals surface area contributed by atoms with Gasteiger partial charge in [-0.05, 0) is 43.9 Å². The fraction of sp³-hybridized carbons (Fsp3) is 0.263. The molecule has 0 saturated carbocycles. The van der Waals surface area contributed by atoms with E-state index in [-0.39, 0.29) is 0 Å². The van der Waals surface area contributed by atoms with E-state index in [0.717, 1.165) is 6.42 Å². The molecule has 2 aromatic carbocycles. The molecule has 96 valence electrons. The Hall–Kier alpha value is -1.82. The largest absolute Gasteiger partial charge is 0.0718 e. The van der Waals surface area contributed by atoms with Gasteiger partial charge in [0, 0.05) is 5.92 Å². The van der Waals surface area contributed by atoms with Crippen molar-refractivity contribution in [3.05, 3.63) is 75.9 Å². The van der Waals surface area contributed by atoms with Crippen LogP contribution < -0.4 is 0 Å². The summed E-state index contributed by atoms with van der Waals surface area (Å²) in [7, 11) is 0. The first-order valence-corrected chi connectivity index (χ1v) is 6.98. The number of allylic oxidation sites excluding steroid dienone is 1. The maximum atomic E-state index is 2.35. The Kier molecular flexibility index (Phi) is 3.02. The third-order valence-electron chi connectivity index (χ3n) is 4.03. The van der Waals surface area contributed by atoms with Gasteiger partial charge in [0.05, 0.1) is 0 Å². The molecule has 3 rings (SSSR count). The molecule has 2 aromatic rings. The van der Waals surface area contributed by atoms with Crippen LogP contribution in [0.3, 0.4) is 0 Å². The van der Waals surface area contributed by atoms with E-state index < -0.39 is 0 Å². The predicted molar refractivity (Wildman–Crippen MR) is 82.5 cm³/mol. The van der Waals surface area contributed by atoms with Gasteiger partial charge in [-0.25, -0.2) is 0 Å². The fourth-order valence-corrected chi connectivity index (χ4v) is 2.98. The lowest BCUT2D eigenvalue weighted by Crippen LogP contribution is -2.08. The molecule has 1 aliphatic carbocycles. The van der Waals surface area contributed by atoms with Crippen molar-refractivity contribution >= 4 is 6.08 Å². The summed E-state index contributed by atoms with van der Waals surface area (Å²) < 4.78 is 0. The zero-order valence-corrected chi connectivity index (χ0v) is 11.9. The Bertz CT molecular complexity index is 630. The molecule has 0 aliphatic heterocycles. The zero-order chi connectivity index (χ0) is 13.4. The van der Waals surface area contributed by atoms with E-state index >= 15 is 0 Å². The van der Waals surface area contributed by atoms with Gasteiger partial charge in [-0.1, -0.05) is 65.2 Å². The van der Waals surface area contributed by atoms with Crippen molar-refractivity contribution in [3.8, 4) is 0 Å². The summed E-state index contributed by atoms with van der Waals surface area (Å²) in [5.41, 5.74) is 8.46. The highest BCUT2D eigenvalue weighted by atomic mass is 14.2. The molecule has 1 unspecified atom stereocenters. The van der Waals surface area contributed by atoms with Gasteiger partial charge in [0.2, 0.25) is 0 Å². The van der Waals surface area contributed by atoms with Crippen molar-refractivity contribution in [2.45, 2.75) is 33.1 Å². The maximum absolute atomic E-state index is 2.35. The van der Waals surface area contributed by atoms with E-state index in [1.807, 2.05) is 0 Å². The smallest absolute Gasteiger partial charge is 0.0132 e. The molecule has 0 spiro atoms. The zero-order valence-electron chi connectivity index (χ0n) is 11.9. The van der Waals surface area contributed by atoms with Gasteiger partial charge >= 0.3 is 0 Å². The second-order valence-corrected chi connectivity index (χ2v) is 5.79. The summed E-state index contributed by atoms with van der Waals surface area (Å²) >= 11 is 0. The SMILES string of the molecule is CC1=Cc2ccc(C)cc2C(c2ccc(C)cc2)C1. The lowest BCUT2D eigenvalue weighted by molar-refractivity contribution is 0.784. The van der Waals surface area contributed by atoms with Crippen LogP contribution >= 0.6 is 0 Å². The molecule has 0 fully saturated rings. The topological polar surface area (TPSA) is 0 Å². The van der Waals surface area contributed by atoms with Crippen LogP contribution in [0, 0.1) is 13.8 Å². The maximum Gasteiger partial charge on any atom is 0.0132 e. The predicted octanol–water partition coefficient (Wildman–Crippen LogP) is 5.24. The van der Waals surface area contributed by atoms with Crippen LogP contribution in [-0.2, 0) is 0 Å². The van der Waals surface area contributed by atoms with Gasteiger partial charge in [-0.15, -0.1) is 0 Å². The summed E-state index contributed by atoms with van der Waals surface area (Å²) in [4.78, 5) is 0. The first-order chi connectivity index (χ1) is 9.13. The number of benzene rings is 2. The summed E-state index contributed by atoms with van der Waals surface area (Å²) in [6.07, 6.45) is 3.47. The summed E-state index contributed by atoms with van der Waals surface area (Å²) in [6, 6.07) is 15.8. The van der Waals surface area contributed by atoms with Crippen LogP contribution in [0.1, 0.15) is 47.1 Å². The molecule has 0 bridgehead atoms. The van der Waals surface area contributed by atoms with Crippen molar-refractivity contribution < 1.29 is 0 Å². The molecule has 0 saturated heterocycles. The van der Waals surface area contributed by atoms with E-state index in [1.54, 1.807) is 0 Å². The minimum atomic E-state index is 0.514. The van der Waals surface area contributed by atoms with Crippen molar-refractivity contribution in [2.75, 3.05) is 0 Å². The number of fused-ring (bicyclic) bond motifs is 1. The third kappa shape index (κ3) is 2.35. The van der Waals surface area contributed by atoms with Crippen molar-refractivity contribution in [1.82, 2.24) is 0 Å². The van der Waals surface area contributed by atoms with Crippen LogP contribution in [0.15, 0.2) is 48.0 Å². The van der Waals surface area contributed by atoms with E-state index in [0.29, 0.717) is 5.92 Å². The number of rotatable bonds is 1. The molecule has 0 N–H and O–H groups in total. The Morgan fingerprint density at radius 1 is 0.842 bits per heavy atom. The van der Waals surface area contributed by atoms with Gasteiger partial charge < -0.3 is 0 Å². The molecule has 1 atom stereocenters. The molecule has 0 amide bonds. The van der Waals surface area contributed by atoms with Crippen molar-refractivity contribution in [1.29, 1.82) is 0 Å². The molecule has 0 nitrogen and oxygen atoms in total. The highest BCUT2D eigenvalue weighted by molar-refractivity contribution is 5.63. The first-order valence-electron chi connectivity index (χ1n) is 6.98. The van der Waals surface area contributed by atoms with Crippen molar-refractivity contribution in [2.24, 2.45) is 0 Å². The Balaban J connectivity index is 2.11. The molecular weight excluding hydrogens is 228 g/mol. The fourth-order valence-electron chi connectivity index (χ4n) is 2.98. The van der Waals surface area contributed by atoms with Gasteiger partial charge in [0.25, 0.3) is 0 Å². The lowest BCUT2D eigenvalue weighted by Gasteiger charge is -2.25. The van der Waals surface area contributed by atoms with Crippen molar-refractivity contribution in [3.63, 3.8) is 0 Å². The molecule has 0 aromatic heterocycles. The standard InChI is InChI=1S/C19H20/c1-13-4-7-16(8-5-13)18-12-15(3)10-17-9-6-14(2)11-19(17)18/h4-11,18H,12H2,1-3H3. The lowest BCUT2D eigenvalue weighted by atomic mass is 9.79. The molecule has 0 heterocycles. The number of aryl methyl sites for hydroxylation is 2. The van der Waals surface area contributed by atoms with Gasteiger partial charge in [-0.3, -0.25) is 0 Å². The molecule has 0 radical (unpaired) electrons. The van der Waals surface area contributed by atoms with Crippen LogP contribution in [0.5, 0.6) is 0 Å². The van der Waals surface area contributed by atoms with E-state index in [9.17, 15) is 0 Å². The van der Waals surface area contributed by atoms with Crippen LogP contribution in [-0.4, -0.2) is 0 Å². The Labute approximate surface area is 115 Å². The molecular formula is C19H20.